The third-order valence-electron chi connectivity index (χ3n) is 5.72. The second-order valence-electron chi connectivity index (χ2n) is 7.98. The van der Waals surface area contributed by atoms with E-state index in [1.54, 1.807) is 0 Å². The normalized spacial score (nSPS) is 11.4. The predicted molar refractivity (Wildman–Crippen MR) is 151 cm³/mol. The molecule has 0 fully saturated rings. The first kappa shape index (κ1) is 23.3. The second kappa shape index (κ2) is 12.4. The van der Waals surface area contributed by atoms with E-state index >= 15 is 0 Å². The highest BCUT2D eigenvalue weighted by molar-refractivity contribution is 7.73. The van der Waals surface area contributed by atoms with Gasteiger partial charge in [-0.1, -0.05) is 121 Å². The van der Waals surface area contributed by atoms with E-state index in [4.69, 9.17) is 0 Å². The van der Waals surface area contributed by atoms with Crippen LogP contribution in [0.4, 0.5) is 0 Å². The molecular weight excluding hydrogens is 441 g/mol. The van der Waals surface area contributed by atoms with Crippen LogP contribution in [0.5, 0.6) is 0 Å². The molecule has 1 unspecified atom stereocenters. The van der Waals surface area contributed by atoms with E-state index < -0.39 is 0 Å². The third kappa shape index (κ3) is 6.59. The summed E-state index contributed by atoms with van der Waals surface area (Å²) in [5.41, 5.74) is 0.643. The molecule has 0 radical (unpaired) electrons. The van der Waals surface area contributed by atoms with Crippen LogP contribution in [0.25, 0.3) is 0 Å². The zero-order valence-electron chi connectivity index (χ0n) is 18.4. The average Bonchev–Trinajstić information content (AvgIpc) is 2.87. The molecule has 4 rings (SSSR count). The maximum atomic E-state index is 3.16. The van der Waals surface area contributed by atoms with Gasteiger partial charge in [-0.25, -0.2) is 0 Å². The zero-order valence-corrected chi connectivity index (χ0v) is 21.4. The van der Waals surface area contributed by atoms with E-state index in [-0.39, 0.29) is 15.8 Å². The van der Waals surface area contributed by atoms with Crippen molar-refractivity contribution in [3.8, 4) is 0 Å². The van der Waals surface area contributed by atoms with Crippen molar-refractivity contribution in [3.05, 3.63) is 121 Å². The lowest BCUT2D eigenvalue weighted by molar-refractivity contribution is 0.804. The second-order valence-corrected chi connectivity index (χ2v) is 13.6. The Morgan fingerprint density at radius 1 is 0.438 bits per heavy atom. The largest absolute Gasteiger partial charge is 0.134 e. The highest BCUT2D eigenvalue weighted by atomic mass is 31.1. The molecule has 0 saturated heterocycles. The first-order valence-electron chi connectivity index (χ1n) is 11.3. The summed E-state index contributed by atoms with van der Waals surface area (Å²) in [7, 11) is 2.55. The summed E-state index contributed by atoms with van der Waals surface area (Å²) >= 11 is 0. The molecule has 0 aliphatic heterocycles. The van der Waals surface area contributed by atoms with Crippen molar-refractivity contribution in [2.75, 3.05) is 12.3 Å². The lowest BCUT2D eigenvalue weighted by Crippen LogP contribution is -2.18. The fourth-order valence-corrected chi connectivity index (χ4v) is 9.81. The lowest BCUT2D eigenvalue weighted by atomic mass is 10.3. The van der Waals surface area contributed by atoms with Gasteiger partial charge < -0.3 is 0 Å². The molecule has 162 valence electrons. The van der Waals surface area contributed by atoms with Crippen LogP contribution >= 0.6 is 25.1 Å². The number of hydrogen-bond acceptors (Lipinski definition) is 0. The lowest BCUT2D eigenvalue weighted by Gasteiger charge is -2.23. The highest BCUT2D eigenvalue weighted by Crippen LogP contribution is 2.38. The van der Waals surface area contributed by atoms with Crippen molar-refractivity contribution in [3.63, 3.8) is 0 Å². The topological polar surface area (TPSA) is 0 Å². The van der Waals surface area contributed by atoms with Crippen LogP contribution in [-0.4, -0.2) is 18.0 Å². The molecule has 3 heteroatoms. The summed E-state index contributed by atoms with van der Waals surface area (Å²) in [6, 6.07) is 44.4. The quantitative estimate of drug-likeness (QED) is 0.239. The van der Waals surface area contributed by atoms with Crippen LogP contribution in [0, 0.1) is 0 Å². The smallest absolute Gasteiger partial charge is 0.0195 e. The Kier molecular flexibility index (Phi) is 9.06. The van der Waals surface area contributed by atoms with E-state index in [1.807, 2.05) is 0 Å². The minimum Gasteiger partial charge on any atom is -0.134 e. The third-order valence-corrected chi connectivity index (χ3v) is 11.5. The van der Waals surface area contributed by atoms with Crippen LogP contribution in [0.3, 0.4) is 0 Å². The first-order valence-corrected chi connectivity index (χ1v) is 15.0. The fourth-order valence-electron chi connectivity index (χ4n) is 3.98. The predicted octanol–water partition coefficient (Wildman–Crippen LogP) is 6.28. The summed E-state index contributed by atoms with van der Waals surface area (Å²) in [4.78, 5) is 0. The van der Waals surface area contributed by atoms with Crippen molar-refractivity contribution < 1.29 is 0 Å². The zero-order chi connectivity index (χ0) is 22.0. The van der Waals surface area contributed by atoms with E-state index in [1.165, 1.54) is 46.4 Å². The van der Waals surface area contributed by atoms with Gasteiger partial charge in [-0.2, -0.15) is 0 Å². The first-order chi connectivity index (χ1) is 15.8. The number of hydrogen-bond donors (Lipinski definition) is 0. The number of benzene rings is 4. The van der Waals surface area contributed by atoms with Crippen LogP contribution in [0.1, 0.15) is 12.8 Å². The van der Waals surface area contributed by atoms with Crippen LogP contribution in [-0.2, 0) is 0 Å². The molecule has 0 nitrogen and oxygen atoms in total. The Labute approximate surface area is 198 Å². The van der Waals surface area contributed by atoms with Crippen molar-refractivity contribution >= 4 is 46.3 Å². The van der Waals surface area contributed by atoms with Gasteiger partial charge in [-0.15, -0.1) is 9.24 Å². The Morgan fingerprint density at radius 3 is 0.938 bits per heavy atom. The van der Waals surface area contributed by atoms with Crippen molar-refractivity contribution in [1.82, 2.24) is 0 Å². The molecule has 0 aliphatic rings. The molecular formula is C29H31P3. The van der Waals surface area contributed by atoms with Crippen molar-refractivity contribution in [2.24, 2.45) is 0 Å². The van der Waals surface area contributed by atoms with Gasteiger partial charge in [0.1, 0.15) is 0 Å². The molecule has 0 heterocycles. The Bertz CT molecular complexity index is 871. The van der Waals surface area contributed by atoms with Crippen molar-refractivity contribution in [1.29, 1.82) is 0 Å². The van der Waals surface area contributed by atoms with Gasteiger partial charge in [-0.05, 0) is 67.9 Å². The molecule has 0 aromatic heterocycles. The Hall–Kier alpha value is -1.83. The SMILES string of the molecule is PC(CCP(c1ccccc1)c1ccccc1)CCP(c1ccccc1)c1ccccc1. The maximum Gasteiger partial charge on any atom is -0.0195 e. The minimum absolute atomic E-state index is 0.305. The fraction of sp³-hybridized carbons (Fsp3) is 0.172. The molecule has 1 atom stereocenters. The van der Waals surface area contributed by atoms with Crippen molar-refractivity contribution in [2.45, 2.75) is 18.5 Å². The van der Waals surface area contributed by atoms with E-state index in [0.29, 0.717) is 5.66 Å². The summed E-state index contributed by atoms with van der Waals surface area (Å²) < 4.78 is 0. The van der Waals surface area contributed by atoms with Crippen LogP contribution < -0.4 is 21.2 Å². The standard InChI is InChI=1S/C29H31P3/c30-25(21-23-31(26-13-5-1-6-14-26)27-15-7-2-8-16-27)22-24-32(28-17-9-3-10-18-28)29-19-11-4-12-20-29/h1-20,25H,21-24,30H2. The molecule has 0 N–H and O–H groups in total. The summed E-state index contributed by atoms with van der Waals surface area (Å²) in [6.45, 7) is 0. The summed E-state index contributed by atoms with van der Waals surface area (Å²) in [6.07, 6.45) is 4.97. The Balaban J connectivity index is 1.42. The van der Waals surface area contributed by atoms with Crippen LogP contribution in [0.2, 0.25) is 0 Å². The van der Waals surface area contributed by atoms with Gasteiger partial charge in [0.05, 0.1) is 0 Å². The van der Waals surface area contributed by atoms with Crippen LogP contribution in [0.15, 0.2) is 121 Å². The molecule has 4 aromatic rings. The summed E-state index contributed by atoms with van der Waals surface area (Å²) in [5, 5.41) is 5.95. The minimum atomic E-state index is -0.305. The Morgan fingerprint density at radius 2 is 0.688 bits per heavy atom. The van der Waals surface area contributed by atoms with Gasteiger partial charge in [-0.3, -0.25) is 0 Å². The molecule has 32 heavy (non-hydrogen) atoms. The van der Waals surface area contributed by atoms with Gasteiger partial charge in [0.2, 0.25) is 0 Å². The molecule has 0 bridgehead atoms. The molecule has 4 aromatic carbocycles. The molecule has 0 amide bonds. The van der Waals surface area contributed by atoms with E-state index in [9.17, 15) is 0 Å². The van der Waals surface area contributed by atoms with Gasteiger partial charge in [0.25, 0.3) is 0 Å². The number of rotatable bonds is 10. The molecule has 0 aliphatic carbocycles. The summed E-state index contributed by atoms with van der Waals surface area (Å²) in [5.74, 6) is 0. The molecule has 0 saturated carbocycles. The van der Waals surface area contributed by atoms with Gasteiger partial charge in [0, 0.05) is 0 Å². The highest BCUT2D eigenvalue weighted by Gasteiger charge is 2.18. The average molecular weight is 472 g/mol. The maximum absolute atomic E-state index is 3.16. The van der Waals surface area contributed by atoms with E-state index in [2.05, 4.69) is 131 Å². The molecule has 0 spiro atoms. The monoisotopic (exact) mass is 472 g/mol. The van der Waals surface area contributed by atoms with Gasteiger partial charge in [0.15, 0.2) is 0 Å². The van der Waals surface area contributed by atoms with Gasteiger partial charge >= 0.3 is 0 Å². The van der Waals surface area contributed by atoms with E-state index in [0.717, 1.165) is 0 Å².